The predicted molar refractivity (Wildman–Crippen MR) is 139 cm³/mol. The molecule has 0 unspecified atom stereocenters. The van der Waals surface area contributed by atoms with E-state index in [-0.39, 0.29) is 18.7 Å². The van der Waals surface area contributed by atoms with Gasteiger partial charge in [0.25, 0.3) is 5.92 Å². The number of nitrogens with two attached hydrogens (primary N) is 1. The molecule has 4 N–H and O–H groups in total. The Kier molecular flexibility index (Phi) is 4.87. The number of nitrogens with one attached hydrogen (secondary N) is 2. The summed E-state index contributed by atoms with van der Waals surface area (Å²) in [6.07, 6.45) is 7.49. The van der Waals surface area contributed by atoms with Crippen LogP contribution in [0.2, 0.25) is 0 Å². The van der Waals surface area contributed by atoms with Crippen molar-refractivity contribution in [1.29, 1.82) is 0 Å². The minimum Gasteiger partial charge on any atom is -0.383 e. The fourth-order valence-corrected chi connectivity index (χ4v) is 5.25. The molecule has 5 aromatic heterocycles. The van der Waals surface area contributed by atoms with Crippen LogP contribution in [-0.2, 0) is 25.4 Å². The van der Waals surface area contributed by atoms with E-state index in [1.165, 1.54) is 6.20 Å². The third-order valence-corrected chi connectivity index (χ3v) is 7.27. The molecule has 12 heteroatoms. The van der Waals surface area contributed by atoms with Crippen LogP contribution in [0.15, 0.2) is 43.0 Å². The van der Waals surface area contributed by atoms with Gasteiger partial charge in [0.1, 0.15) is 23.2 Å². The summed E-state index contributed by atoms with van der Waals surface area (Å²) in [6, 6.07) is 5.77. The van der Waals surface area contributed by atoms with Crippen molar-refractivity contribution in [2.24, 2.45) is 0 Å². The monoisotopic (exact) mass is 514 g/mol. The molecular weight excluding hydrogens is 490 g/mol. The van der Waals surface area contributed by atoms with Crippen LogP contribution in [0, 0.1) is 6.92 Å². The Morgan fingerprint density at radius 1 is 1.11 bits per heavy atom. The van der Waals surface area contributed by atoms with Gasteiger partial charge in [-0.05, 0) is 30.0 Å². The van der Waals surface area contributed by atoms with Crippen molar-refractivity contribution < 1.29 is 8.78 Å². The van der Waals surface area contributed by atoms with Crippen molar-refractivity contribution in [3.05, 3.63) is 65.8 Å². The Morgan fingerprint density at radius 3 is 2.89 bits per heavy atom. The number of anilines is 4. The number of nitrogens with zero attached hydrogens (tertiary/aromatic N) is 7. The SMILES string of the molecule is Cc1c(-c2cc3cc(Nc4cc5n(n4)Cc4nccn4CC5)ncc3c(N)n2)cnc2c1NCCC2(F)F. The summed E-state index contributed by atoms with van der Waals surface area (Å²) < 4.78 is 32.9. The summed E-state index contributed by atoms with van der Waals surface area (Å²) >= 11 is 0. The molecule has 2 aliphatic rings. The zero-order chi connectivity index (χ0) is 26.0. The van der Waals surface area contributed by atoms with Crippen LogP contribution in [0.5, 0.6) is 0 Å². The van der Waals surface area contributed by atoms with E-state index in [0.29, 0.717) is 51.9 Å². The van der Waals surface area contributed by atoms with Crippen molar-refractivity contribution in [2.75, 3.05) is 22.9 Å². The van der Waals surface area contributed by atoms with E-state index in [0.717, 1.165) is 29.9 Å². The molecule has 7 rings (SSSR count). The highest BCUT2D eigenvalue weighted by Crippen LogP contribution is 2.42. The van der Waals surface area contributed by atoms with Crippen LogP contribution in [-0.4, -0.2) is 40.8 Å². The highest BCUT2D eigenvalue weighted by atomic mass is 19.3. The highest BCUT2D eigenvalue weighted by molar-refractivity contribution is 5.95. The first kappa shape index (κ1) is 22.6. The third kappa shape index (κ3) is 3.63. The fraction of sp³-hybridized carbons (Fsp3) is 0.269. The van der Waals surface area contributed by atoms with E-state index in [1.54, 1.807) is 13.1 Å². The Bertz CT molecular complexity index is 1720. The second-order valence-electron chi connectivity index (χ2n) is 9.68. The lowest BCUT2D eigenvalue weighted by Gasteiger charge is -2.27. The first-order valence-electron chi connectivity index (χ1n) is 12.4. The van der Waals surface area contributed by atoms with Gasteiger partial charge in [0.2, 0.25) is 0 Å². The van der Waals surface area contributed by atoms with Gasteiger partial charge in [0, 0.05) is 73.4 Å². The van der Waals surface area contributed by atoms with Crippen molar-refractivity contribution in [3.8, 4) is 11.3 Å². The normalized spacial score (nSPS) is 15.8. The maximum Gasteiger partial charge on any atom is 0.293 e. The molecule has 0 spiro atoms. The quantitative estimate of drug-likeness (QED) is 0.327. The number of pyridine rings is 3. The summed E-state index contributed by atoms with van der Waals surface area (Å²) in [4.78, 5) is 17.6. The second-order valence-corrected chi connectivity index (χ2v) is 9.68. The van der Waals surface area contributed by atoms with Gasteiger partial charge in [-0.3, -0.25) is 9.67 Å². The highest BCUT2D eigenvalue weighted by Gasteiger charge is 2.39. The molecule has 0 bridgehead atoms. The number of aryl methyl sites for hydroxylation is 2. The molecule has 10 nitrogen and oxygen atoms in total. The number of hydrogen-bond acceptors (Lipinski definition) is 8. The molecule has 0 saturated heterocycles. The van der Waals surface area contributed by atoms with Crippen molar-refractivity contribution >= 4 is 33.9 Å². The smallest absolute Gasteiger partial charge is 0.293 e. The Hall–Kier alpha value is -4.61. The van der Waals surface area contributed by atoms with Gasteiger partial charge in [-0.15, -0.1) is 0 Å². The molecule has 0 saturated carbocycles. The number of halogens is 2. The van der Waals surface area contributed by atoms with Gasteiger partial charge >= 0.3 is 0 Å². The molecule has 38 heavy (non-hydrogen) atoms. The van der Waals surface area contributed by atoms with Crippen LogP contribution in [0.3, 0.4) is 0 Å². The maximum absolute atomic E-state index is 14.4. The molecule has 5 aromatic rings. The van der Waals surface area contributed by atoms with Gasteiger partial charge in [-0.1, -0.05) is 0 Å². The van der Waals surface area contributed by atoms with Crippen LogP contribution in [0.1, 0.15) is 29.2 Å². The minimum atomic E-state index is -2.96. The van der Waals surface area contributed by atoms with Crippen LogP contribution < -0.4 is 16.4 Å². The van der Waals surface area contributed by atoms with E-state index in [2.05, 4.69) is 35.1 Å². The average molecular weight is 515 g/mol. The van der Waals surface area contributed by atoms with E-state index < -0.39 is 5.92 Å². The van der Waals surface area contributed by atoms with Crippen molar-refractivity contribution in [2.45, 2.75) is 38.8 Å². The Labute approximate surface area is 216 Å². The summed E-state index contributed by atoms with van der Waals surface area (Å²) in [7, 11) is 0. The number of hydrogen-bond donors (Lipinski definition) is 3. The number of aromatic nitrogens is 7. The summed E-state index contributed by atoms with van der Waals surface area (Å²) in [6.45, 7) is 3.44. The number of imidazole rings is 1. The number of alkyl halides is 2. The molecule has 2 aliphatic heterocycles. The number of rotatable bonds is 3. The first-order chi connectivity index (χ1) is 18.4. The zero-order valence-electron chi connectivity index (χ0n) is 20.5. The molecule has 192 valence electrons. The number of fused-ring (bicyclic) bond motifs is 4. The lowest BCUT2D eigenvalue weighted by Crippen LogP contribution is -2.28. The molecule has 0 atom stereocenters. The Morgan fingerprint density at radius 2 is 2.00 bits per heavy atom. The third-order valence-electron chi connectivity index (χ3n) is 7.27. The minimum absolute atomic E-state index is 0.181. The standard InChI is InChI=1S/C26H24F2N10/c1-14-17(11-33-24-23(14)31-4-3-26(24,27)28)19-8-15-9-20(32-12-18(15)25(29)34-19)35-21-10-16-2-6-37-7-5-30-22(37)13-38(16)36-21/h5,7-12,31H,2-4,6,13H2,1H3,(H2,29,34)(H,32,35,36). The van der Waals surface area contributed by atoms with Crippen LogP contribution in [0.25, 0.3) is 22.0 Å². The van der Waals surface area contributed by atoms with E-state index in [4.69, 9.17) is 10.8 Å². The van der Waals surface area contributed by atoms with Gasteiger partial charge < -0.3 is 20.9 Å². The molecular formula is C26H24F2N10. The first-order valence-corrected chi connectivity index (χ1v) is 12.4. The van der Waals surface area contributed by atoms with Crippen LogP contribution >= 0.6 is 0 Å². The van der Waals surface area contributed by atoms with Crippen molar-refractivity contribution in [3.63, 3.8) is 0 Å². The van der Waals surface area contributed by atoms with Gasteiger partial charge in [-0.25, -0.2) is 15.0 Å². The van der Waals surface area contributed by atoms with E-state index in [9.17, 15) is 8.78 Å². The van der Waals surface area contributed by atoms with Gasteiger partial charge in [0.15, 0.2) is 5.82 Å². The zero-order valence-corrected chi connectivity index (χ0v) is 20.5. The molecule has 7 heterocycles. The Balaban J connectivity index is 1.22. The van der Waals surface area contributed by atoms with Crippen LogP contribution in [0.4, 0.5) is 31.9 Å². The maximum atomic E-state index is 14.4. The fourth-order valence-electron chi connectivity index (χ4n) is 5.25. The van der Waals surface area contributed by atoms with Gasteiger partial charge in [0.05, 0.1) is 17.9 Å². The number of nitrogen functional groups attached to an aromatic ring is 1. The van der Waals surface area contributed by atoms with E-state index >= 15 is 0 Å². The van der Waals surface area contributed by atoms with Crippen molar-refractivity contribution in [1.82, 2.24) is 34.3 Å². The molecule has 0 aromatic carbocycles. The lowest BCUT2D eigenvalue weighted by atomic mass is 9.97. The van der Waals surface area contributed by atoms with E-state index in [1.807, 2.05) is 35.3 Å². The molecule has 0 radical (unpaired) electrons. The summed E-state index contributed by atoms with van der Waals surface area (Å²) in [5.41, 5.74) is 9.40. The summed E-state index contributed by atoms with van der Waals surface area (Å²) in [5, 5.41) is 12.6. The topological polar surface area (TPSA) is 124 Å². The summed E-state index contributed by atoms with van der Waals surface area (Å²) in [5.74, 6) is -0.390. The molecule has 0 amide bonds. The largest absolute Gasteiger partial charge is 0.383 e. The molecule has 0 aliphatic carbocycles. The second kappa shape index (κ2) is 8.20. The van der Waals surface area contributed by atoms with Gasteiger partial charge in [-0.2, -0.15) is 13.9 Å². The predicted octanol–water partition coefficient (Wildman–Crippen LogP) is 4.23. The average Bonchev–Trinajstić information content (AvgIpc) is 3.45. The lowest BCUT2D eigenvalue weighted by molar-refractivity contribution is -0.0168. The molecule has 0 fully saturated rings.